The van der Waals surface area contributed by atoms with E-state index in [1.165, 1.54) is 0 Å². The van der Waals surface area contributed by atoms with Crippen molar-refractivity contribution in [1.29, 1.82) is 0 Å². The van der Waals surface area contributed by atoms with Gasteiger partial charge in [0, 0.05) is 19.3 Å². The van der Waals surface area contributed by atoms with Crippen LogP contribution in [0.1, 0.15) is 34.7 Å². The van der Waals surface area contributed by atoms with E-state index in [0.29, 0.717) is 28.6 Å². The standard InChI is InChI=1S/C21H23N7O2/c1-13-16(6-7-18(23-13)28-11-8-15(29)9-12-28)20(30)27-21-25-14(2)24-19(26-21)17-5-3-4-10-22-17/h3-7,10,15,29H,8-9,11-12H2,1-2H3,(H,24,25,26,27,30). The molecule has 1 saturated heterocycles. The van der Waals surface area contributed by atoms with E-state index in [0.717, 1.165) is 31.7 Å². The molecule has 4 rings (SSSR count). The van der Waals surface area contributed by atoms with E-state index >= 15 is 0 Å². The third-order valence-electron chi connectivity index (χ3n) is 4.97. The second-order valence-electron chi connectivity index (χ2n) is 7.22. The van der Waals surface area contributed by atoms with Crippen LogP contribution >= 0.6 is 0 Å². The number of nitrogens with one attached hydrogen (secondary N) is 1. The molecule has 0 aliphatic carbocycles. The van der Waals surface area contributed by atoms with Gasteiger partial charge in [0.05, 0.1) is 17.4 Å². The number of aliphatic hydroxyl groups is 1. The molecule has 0 spiro atoms. The van der Waals surface area contributed by atoms with E-state index in [4.69, 9.17) is 0 Å². The highest BCUT2D eigenvalue weighted by molar-refractivity contribution is 6.04. The Balaban J connectivity index is 1.52. The van der Waals surface area contributed by atoms with Crippen LogP contribution in [0.4, 0.5) is 11.8 Å². The number of pyridine rings is 2. The van der Waals surface area contributed by atoms with Gasteiger partial charge in [0.25, 0.3) is 5.91 Å². The number of aliphatic hydroxyl groups excluding tert-OH is 1. The normalized spacial score (nSPS) is 14.6. The van der Waals surface area contributed by atoms with E-state index in [1.807, 2.05) is 18.2 Å². The van der Waals surface area contributed by atoms with E-state index in [2.05, 4.69) is 35.1 Å². The fourth-order valence-electron chi connectivity index (χ4n) is 3.38. The Morgan fingerprint density at radius 3 is 2.57 bits per heavy atom. The summed E-state index contributed by atoms with van der Waals surface area (Å²) in [7, 11) is 0. The summed E-state index contributed by atoms with van der Waals surface area (Å²) in [6.45, 7) is 5.04. The molecule has 9 nitrogen and oxygen atoms in total. The molecule has 1 amide bonds. The lowest BCUT2D eigenvalue weighted by atomic mass is 10.1. The van der Waals surface area contributed by atoms with Crippen molar-refractivity contribution in [3.8, 4) is 11.5 Å². The Morgan fingerprint density at radius 1 is 1.07 bits per heavy atom. The number of carbonyl (C=O) groups excluding carboxylic acids is 1. The van der Waals surface area contributed by atoms with Crippen LogP contribution in [0.25, 0.3) is 11.5 Å². The molecule has 3 aromatic rings. The van der Waals surface area contributed by atoms with Crippen LogP contribution in [0.15, 0.2) is 36.5 Å². The second-order valence-corrected chi connectivity index (χ2v) is 7.22. The Hall–Kier alpha value is -3.46. The summed E-state index contributed by atoms with van der Waals surface area (Å²) >= 11 is 0. The molecule has 154 valence electrons. The smallest absolute Gasteiger partial charge is 0.259 e. The van der Waals surface area contributed by atoms with Gasteiger partial charge < -0.3 is 10.0 Å². The number of anilines is 2. The van der Waals surface area contributed by atoms with Crippen molar-refractivity contribution in [2.45, 2.75) is 32.8 Å². The molecular weight excluding hydrogens is 382 g/mol. The van der Waals surface area contributed by atoms with Gasteiger partial charge in [-0.25, -0.2) is 9.97 Å². The minimum Gasteiger partial charge on any atom is -0.393 e. The number of aromatic nitrogens is 5. The zero-order chi connectivity index (χ0) is 21.1. The monoisotopic (exact) mass is 405 g/mol. The predicted octanol–water partition coefficient (Wildman–Crippen LogP) is 2.16. The van der Waals surface area contributed by atoms with E-state index in [1.54, 1.807) is 32.2 Å². The molecule has 1 aliphatic heterocycles. The number of hydrogen-bond acceptors (Lipinski definition) is 8. The second kappa shape index (κ2) is 8.50. The van der Waals surface area contributed by atoms with Gasteiger partial charge in [-0.15, -0.1) is 0 Å². The maximum Gasteiger partial charge on any atom is 0.259 e. The van der Waals surface area contributed by atoms with Crippen molar-refractivity contribution in [2.24, 2.45) is 0 Å². The molecule has 0 radical (unpaired) electrons. The van der Waals surface area contributed by atoms with Gasteiger partial charge >= 0.3 is 0 Å². The van der Waals surface area contributed by atoms with Crippen molar-refractivity contribution in [2.75, 3.05) is 23.3 Å². The number of rotatable bonds is 4. The van der Waals surface area contributed by atoms with Gasteiger partial charge in [0.2, 0.25) is 5.95 Å². The zero-order valence-electron chi connectivity index (χ0n) is 16.9. The van der Waals surface area contributed by atoms with Crippen LogP contribution in [0.5, 0.6) is 0 Å². The Kier molecular flexibility index (Phi) is 5.62. The number of hydrogen-bond donors (Lipinski definition) is 2. The number of aryl methyl sites for hydroxylation is 2. The fourth-order valence-corrected chi connectivity index (χ4v) is 3.38. The van der Waals surface area contributed by atoms with E-state index in [-0.39, 0.29) is 18.0 Å². The summed E-state index contributed by atoms with van der Waals surface area (Å²) in [5, 5.41) is 12.4. The molecule has 0 aromatic carbocycles. The Bertz CT molecular complexity index is 1050. The van der Waals surface area contributed by atoms with Gasteiger partial charge in [-0.2, -0.15) is 9.97 Å². The first-order chi connectivity index (χ1) is 14.5. The average molecular weight is 405 g/mol. The lowest BCUT2D eigenvalue weighted by Gasteiger charge is -2.30. The van der Waals surface area contributed by atoms with Crippen LogP contribution < -0.4 is 10.2 Å². The lowest BCUT2D eigenvalue weighted by molar-refractivity contribution is 0.102. The van der Waals surface area contributed by atoms with Crippen molar-refractivity contribution in [3.05, 3.63) is 53.6 Å². The Morgan fingerprint density at radius 2 is 1.87 bits per heavy atom. The molecule has 0 bridgehead atoms. The fraction of sp³-hybridized carbons (Fsp3) is 0.333. The van der Waals surface area contributed by atoms with Gasteiger partial charge in [-0.05, 0) is 51.0 Å². The summed E-state index contributed by atoms with van der Waals surface area (Å²) in [6.07, 6.45) is 2.86. The largest absolute Gasteiger partial charge is 0.393 e. The average Bonchev–Trinajstić information content (AvgIpc) is 2.74. The van der Waals surface area contributed by atoms with Crippen LogP contribution in [-0.4, -0.2) is 55.1 Å². The highest BCUT2D eigenvalue weighted by atomic mass is 16.3. The van der Waals surface area contributed by atoms with Gasteiger partial charge in [-0.1, -0.05) is 6.07 Å². The van der Waals surface area contributed by atoms with Crippen molar-refractivity contribution >= 4 is 17.7 Å². The summed E-state index contributed by atoms with van der Waals surface area (Å²) in [6, 6.07) is 9.04. The summed E-state index contributed by atoms with van der Waals surface area (Å²) in [4.78, 5) is 36.6. The molecule has 1 fully saturated rings. The van der Waals surface area contributed by atoms with Crippen LogP contribution in [0, 0.1) is 13.8 Å². The molecule has 0 saturated carbocycles. The summed E-state index contributed by atoms with van der Waals surface area (Å²) in [5.41, 5.74) is 1.67. The highest BCUT2D eigenvalue weighted by Gasteiger charge is 2.20. The number of nitrogens with zero attached hydrogens (tertiary/aromatic N) is 6. The number of piperidine rings is 1. The van der Waals surface area contributed by atoms with E-state index < -0.39 is 0 Å². The maximum absolute atomic E-state index is 12.8. The third kappa shape index (κ3) is 4.41. The molecule has 2 N–H and O–H groups in total. The van der Waals surface area contributed by atoms with Crippen LogP contribution in [-0.2, 0) is 0 Å². The molecule has 30 heavy (non-hydrogen) atoms. The molecule has 3 aromatic heterocycles. The third-order valence-corrected chi connectivity index (χ3v) is 4.97. The minimum atomic E-state index is -0.335. The zero-order valence-corrected chi connectivity index (χ0v) is 16.9. The van der Waals surface area contributed by atoms with Crippen molar-refractivity contribution in [1.82, 2.24) is 24.9 Å². The predicted molar refractivity (Wildman–Crippen MR) is 112 cm³/mol. The first-order valence-corrected chi connectivity index (χ1v) is 9.85. The lowest BCUT2D eigenvalue weighted by Crippen LogP contribution is -2.36. The molecule has 9 heteroatoms. The quantitative estimate of drug-likeness (QED) is 0.678. The first kappa shape index (κ1) is 19.8. The summed E-state index contributed by atoms with van der Waals surface area (Å²) < 4.78 is 0. The van der Waals surface area contributed by atoms with Gasteiger partial charge in [0.15, 0.2) is 5.82 Å². The molecule has 4 heterocycles. The van der Waals surface area contributed by atoms with Gasteiger partial charge in [-0.3, -0.25) is 15.1 Å². The van der Waals surface area contributed by atoms with E-state index in [9.17, 15) is 9.90 Å². The molecular formula is C21H23N7O2. The molecule has 0 unspecified atom stereocenters. The van der Waals surface area contributed by atoms with Crippen LogP contribution in [0.3, 0.4) is 0 Å². The SMILES string of the molecule is Cc1nc(NC(=O)c2ccc(N3CCC(O)CC3)nc2C)nc(-c2ccccn2)n1. The van der Waals surface area contributed by atoms with Crippen LogP contribution in [0.2, 0.25) is 0 Å². The number of amides is 1. The van der Waals surface area contributed by atoms with Crippen molar-refractivity contribution < 1.29 is 9.90 Å². The minimum absolute atomic E-state index is 0.168. The first-order valence-electron chi connectivity index (χ1n) is 9.85. The molecule has 0 atom stereocenters. The van der Waals surface area contributed by atoms with Crippen molar-refractivity contribution in [3.63, 3.8) is 0 Å². The van der Waals surface area contributed by atoms with Gasteiger partial charge in [0.1, 0.15) is 17.3 Å². The topological polar surface area (TPSA) is 117 Å². The summed E-state index contributed by atoms with van der Waals surface area (Å²) in [5.74, 6) is 1.53. The molecule has 1 aliphatic rings. The Labute approximate surface area is 174 Å². The maximum atomic E-state index is 12.8. The number of carbonyl (C=O) groups is 1. The highest BCUT2D eigenvalue weighted by Crippen LogP contribution is 2.20.